The van der Waals surface area contributed by atoms with Gasteiger partial charge in [0.2, 0.25) is 5.78 Å². The van der Waals surface area contributed by atoms with Crippen molar-refractivity contribution in [3.8, 4) is 0 Å². The molecule has 126 valence electrons. The van der Waals surface area contributed by atoms with Gasteiger partial charge < -0.3 is 14.2 Å². The topological polar surface area (TPSA) is 61.8 Å². The fourth-order valence-corrected chi connectivity index (χ4v) is 2.81. The van der Waals surface area contributed by atoms with E-state index in [0.717, 1.165) is 16.7 Å². The third kappa shape index (κ3) is 2.94. The zero-order chi connectivity index (χ0) is 17.5. The first-order chi connectivity index (χ1) is 11.3. The van der Waals surface area contributed by atoms with Crippen molar-refractivity contribution in [3.63, 3.8) is 0 Å². The van der Waals surface area contributed by atoms with Gasteiger partial charge in [-0.25, -0.2) is 4.79 Å². The Morgan fingerprint density at radius 1 is 1.33 bits per heavy atom. The lowest BCUT2D eigenvalue weighted by Gasteiger charge is -2.40. The molecule has 0 bridgehead atoms. The van der Waals surface area contributed by atoms with E-state index in [4.69, 9.17) is 14.2 Å². The fourth-order valence-electron chi connectivity index (χ4n) is 2.81. The molecule has 0 amide bonds. The van der Waals surface area contributed by atoms with Gasteiger partial charge in [-0.15, -0.1) is 0 Å². The van der Waals surface area contributed by atoms with Crippen molar-refractivity contribution in [1.82, 2.24) is 0 Å². The van der Waals surface area contributed by atoms with E-state index in [1.54, 1.807) is 6.08 Å². The Hall–Kier alpha value is -2.56. The van der Waals surface area contributed by atoms with Crippen molar-refractivity contribution in [3.05, 3.63) is 59.1 Å². The summed E-state index contributed by atoms with van der Waals surface area (Å²) in [6.07, 6.45) is 8.45. The maximum Gasteiger partial charge on any atom is 0.333 e. The standard InChI is InChI=1S/C19H20O5/c1-11(2)8-16(21)24-18-19(3,4)10-13-12-6-5-7-22-17(12)14(20)9-15(13)23-18/h5-10,17-18H,1-4H3. The second-order valence-corrected chi connectivity index (χ2v) is 6.87. The van der Waals surface area contributed by atoms with Crippen molar-refractivity contribution < 1.29 is 23.8 Å². The van der Waals surface area contributed by atoms with Crippen molar-refractivity contribution in [2.24, 2.45) is 5.41 Å². The molecule has 0 saturated heterocycles. The molecule has 5 heteroatoms. The van der Waals surface area contributed by atoms with Gasteiger partial charge in [0.05, 0.1) is 11.7 Å². The summed E-state index contributed by atoms with van der Waals surface area (Å²) in [7, 11) is 0. The third-order valence-corrected chi connectivity index (χ3v) is 3.95. The van der Waals surface area contributed by atoms with Gasteiger partial charge in [-0.1, -0.05) is 17.7 Å². The van der Waals surface area contributed by atoms with Gasteiger partial charge in [0.1, 0.15) is 5.76 Å². The average Bonchev–Trinajstić information content (AvgIpc) is 2.48. The third-order valence-electron chi connectivity index (χ3n) is 3.95. The molecule has 2 aliphatic heterocycles. The average molecular weight is 328 g/mol. The van der Waals surface area contributed by atoms with Gasteiger partial charge in [0.15, 0.2) is 6.10 Å². The molecule has 0 aromatic carbocycles. The Balaban J connectivity index is 1.94. The predicted octanol–water partition coefficient (Wildman–Crippen LogP) is 3.11. The Kier molecular flexibility index (Phi) is 3.95. The molecule has 3 aliphatic rings. The highest BCUT2D eigenvalue weighted by molar-refractivity contribution is 6.00. The van der Waals surface area contributed by atoms with Gasteiger partial charge in [-0.3, -0.25) is 4.79 Å². The number of fused-ring (bicyclic) bond motifs is 3. The fraction of sp³-hybridized carbons (Fsp3) is 0.368. The van der Waals surface area contributed by atoms with E-state index in [1.807, 2.05) is 39.8 Å². The molecule has 0 saturated carbocycles. The summed E-state index contributed by atoms with van der Waals surface area (Å²) in [6, 6.07) is 0. The van der Waals surface area contributed by atoms with Crippen LogP contribution in [-0.2, 0) is 23.8 Å². The molecule has 0 spiro atoms. The number of ether oxygens (including phenoxy) is 3. The van der Waals surface area contributed by atoms with E-state index in [0.29, 0.717) is 5.76 Å². The summed E-state index contributed by atoms with van der Waals surface area (Å²) < 4.78 is 16.7. The normalized spacial score (nSPS) is 26.5. The lowest BCUT2D eigenvalue weighted by molar-refractivity contribution is -0.184. The van der Waals surface area contributed by atoms with Crippen LogP contribution in [0.4, 0.5) is 0 Å². The van der Waals surface area contributed by atoms with Gasteiger partial charge >= 0.3 is 5.97 Å². The summed E-state index contributed by atoms with van der Waals surface area (Å²) in [6.45, 7) is 7.47. The van der Waals surface area contributed by atoms with Crippen LogP contribution in [0.3, 0.4) is 0 Å². The van der Waals surface area contributed by atoms with E-state index in [1.165, 1.54) is 18.4 Å². The summed E-state index contributed by atoms with van der Waals surface area (Å²) in [4.78, 5) is 24.2. The van der Waals surface area contributed by atoms with E-state index in [9.17, 15) is 9.59 Å². The highest BCUT2D eigenvalue weighted by atomic mass is 16.7. The number of rotatable bonds is 2. The number of hydrogen-bond donors (Lipinski definition) is 0. The first-order valence-corrected chi connectivity index (χ1v) is 7.81. The van der Waals surface area contributed by atoms with Crippen LogP contribution in [-0.4, -0.2) is 24.1 Å². The van der Waals surface area contributed by atoms with Crippen LogP contribution in [0, 0.1) is 5.41 Å². The zero-order valence-electron chi connectivity index (χ0n) is 14.2. The molecule has 1 aliphatic carbocycles. The quantitative estimate of drug-likeness (QED) is 0.576. The Morgan fingerprint density at radius 3 is 2.79 bits per heavy atom. The number of carbonyl (C=O) groups is 2. The van der Waals surface area contributed by atoms with Crippen molar-refractivity contribution in [2.75, 3.05) is 0 Å². The van der Waals surface area contributed by atoms with E-state index in [-0.39, 0.29) is 5.78 Å². The molecular formula is C19H20O5. The summed E-state index contributed by atoms with van der Waals surface area (Å²) in [5.74, 6) is -0.240. The first-order valence-electron chi connectivity index (χ1n) is 7.81. The number of hydrogen-bond acceptors (Lipinski definition) is 5. The maximum atomic E-state index is 12.2. The summed E-state index contributed by atoms with van der Waals surface area (Å²) in [5.41, 5.74) is 1.87. The molecule has 2 heterocycles. The van der Waals surface area contributed by atoms with Crippen LogP contribution in [0.1, 0.15) is 27.7 Å². The lowest BCUT2D eigenvalue weighted by atomic mass is 9.80. The van der Waals surface area contributed by atoms with Crippen LogP contribution in [0.5, 0.6) is 0 Å². The highest BCUT2D eigenvalue weighted by Crippen LogP contribution is 2.43. The van der Waals surface area contributed by atoms with Crippen LogP contribution >= 0.6 is 0 Å². The monoisotopic (exact) mass is 328 g/mol. The molecule has 24 heavy (non-hydrogen) atoms. The molecular weight excluding hydrogens is 308 g/mol. The molecule has 0 aromatic rings. The molecule has 2 atom stereocenters. The number of carbonyl (C=O) groups excluding carboxylic acids is 2. The summed E-state index contributed by atoms with van der Waals surface area (Å²) in [5, 5.41) is 0. The molecule has 0 radical (unpaired) electrons. The minimum Gasteiger partial charge on any atom is -0.485 e. The zero-order valence-corrected chi connectivity index (χ0v) is 14.2. The molecule has 0 aromatic heterocycles. The number of esters is 1. The SMILES string of the molecule is CC(C)=CC(=O)OC1OC2=CC(=O)C3OC=CC=C3C2=CC1(C)C. The second kappa shape index (κ2) is 5.82. The molecule has 0 fully saturated rings. The van der Waals surface area contributed by atoms with Crippen LogP contribution in [0.2, 0.25) is 0 Å². The Morgan fingerprint density at radius 2 is 2.08 bits per heavy atom. The second-order valence-electron chi connectivity index (χ2n) is 6.87. The Bertz CT molecular complexity index is 742. The minimum absolute atomic E-state index is 0.188. The largest absolute Gasteiger partial charge is 0.485 e. The molecule has 3 rings (SSSR count). The van der Waals surface area contributed by atoms with Crippen LogP contribution < -0.4 is 0 Å². The lowest BCUT2D eigenvalue weighted by Crippen LogP contribution is -2.41. The summed E-state index contributed by atoms with van der Waals surface area (Å²) >= 11 is 0. The van der Waals surface area contributed by atoms with Crippen molar-refractivity contribution in [2.45, 2.75) is 40.1 Å². The predicted molar refractivity (Wildman–Crippen MR) is 87.4 cm³/mol. The van der Waals surface area contributed by atoms with Crippen LogP contribution in [0.25, 0.3) is 0 Å². The van der Waals surface area contributed by atoms with Gasteiger partial charge in [0, 0.05) is 23.3 Å². The van der Waals surface area contributed by atoms with E-state index < -0.39 is 23.8 Å². The van der Waals surface area contributed by atoms with Crippen LogP contribution in [0.15, 0.2) is 59.1 Å². The molecule has 5 nitrogen and oxygen atoms in total. The van der Waals surface area contributed by atoms with E-state index in [2.05, 4.69) is 0 Å². The highest BCUT2D eigenvalue weighted by Gasteiger charge is 2.43. The molecule has 0 N–H and O–H groups in total. The Labute approximate surface area is 141 Å². The van der Waals surface area contributed by atoms with Gasteiger partial charge in [-0.05, 0) is 33.8 Å². The number of allylic oxidation sites excluding steroid dienone is 4. The molecule has 2 unspecified atom stereocenters. The first kappa shape index (κ1) is 16.3. The van der Waals surface area contributed by atoms with Gasteiger partial charge in [-0.2, -0.15) is 0 Å². The van der Waals surface area contributed by atoms with E-state index >= 15 is 0 Å². The maximum absolute atomic E-state index is 12.2. The van der Waals surface area contributed by atoms with Crippen molar-refractivity contribution in [1.29, 1.82) is 0 Å². The van der Waals surface area contributed by atoms with Gasteiger partial charge in [0.25, 0.3) is 6.29 Å². The minimum atomic E-state index is -0.805. The number of ketones is 1. The van der Waals surface area contributed by atoms with Crippen molar-refractivity contribution >= 4 is 11.8 Å². The smallest absolute Gasteiger partial charge is 0.333 e.